The van der Waals surface area contributed by atoms with Crippen LogP contribution >= 0.6 is 0 Å². The van der Waals surface area contributed by atoms with Crippen LogP contribution in [0.15, 0.2) is 23.1 Å². The van der Waals surface area contributed by atoms with Crippen molar-refractivity contribution in [2.75, 3.05) is 13.7 Å². The van der Waals surface area contributed by atoms with Gasteiger partial charge in [0.15, 0.2) is 28.2 Å². The number of nitrogens with zero attached hydrogens (tertiary/aromatic N) is 1. The molecule has 0 saturated carbocycles. The fraction of sp³-hybridized carbons (Fsp3) is 0.333. The molecule has 0 atom stereocenters. The average molecular weight is 437 g/mol. The molecule has 158 valence electrons. The summed E-state index contributed by atoms with van der Waals surface area (Å²) in [6.45, 7) is 2.20. The van der Waals surface area contributed by atoms with Crippen LogP contribution in [0.1, 0.15) is 19.4 Å². The third-order valence-corrected chi connectivity index (χ3v) is 6.14. The van der Waals surface area contributed by atoms with Gasteiger partial charge in [0.1, 0.15) is 17.1 Å². The van der Waals surface area contributed by atoms with E-state index in [2.05, 4.69) is 0 Å². The van der Waals surface area contributed by atoms with Gasteiger partial charge in [0.05, 0.1) is 13.7 Å². The second-order valence-corrected chi connectivity index (χ2v) is 8.88. The molecule has 11 heteroatoms. The molecule has 0 aliphatic carbocycles. The van der Waals surface area contributed by atoms with E-state index in [9.17, 15) is 30.4 Å². The highest BCUT2D eigenvalue weighted by atomic mass is 32.2. The highest BCUT2D eigenvalue weighted by molar-refractivity contribution is 7.89. The number of ether oxygens (including phenoxy) is 2. The van der Waals surface area contributed by atoms with Gasteiger partial charge in [-0.1, -0.05) is 0 Å². The molecule has 0 bridgehead atoms. The molecule has 5 nitrogen and oxygen atoms in total. The zero-order valence-electron chi connectivity index (χ0n) is 15.5. The monoisotopic (exact) mass is 437 g/mol. The normalized spacial score (nSPS) is 16.7. The van der Waals surface area contributed by atoms with Crippen molar-refractivity contribution in [3.8, 4) is 11.5 Å². The molecule has 1 aliphatic heterocycles. The minimum absolute atomic E-state index is 0.294. The minimum atomic E-state index is -5.13. The van der Waals surface area contributed by atoms with Gasteiger partial charge in [-0.05, 0) is 32.0 Å². The molecular weight excluding hydrogens is 421 g/mol. The predicted octanol–water partition coefficient (Wildman–Crippen LogP) is 3.75. The maximum absolute atomic E-state index is 14.2. The maximum Gasteiger partial charge on any atom is 0.249 e. The Labute approximate surface area is 163 Å². The van der Waals surface area contributed by atoms with Gasteiger partial charge in [-0.25, -0.2) is 30.4 Å². The first-order valence-electron chi connectivity index (χ1n) is 8.26. The molecule has 0 amide bonds. The van der Waals surface area contributed by atoms with Crippen LogP contribution in [0.4, 0.5) is 22.0 Å². The molecule has 0 N–H and O–H groups in total. The van der Waals surface area contributed by atoms with Crippen molar-refractivity contribution in [3.63, 3.8) is 0 Å². The van der Waals surface area contributed by atoms with Crippen LogP contribution < -0.4 is 9.47 Å². The minimum Gasteiger partial charge on any atom is -0.497 e. The summed E-state index contributed by atoms with van der Waals surface area (Å²) in [6.07, 6.45) is 0. The largest absolute Gasteiger partial charge is 0.497 e. The first-order valence-corrected chi connectivity index (χ1v) is 9.70. The van der Waals surface area contributed by atoms with Crippen molar-refractivity contribution >= 4 is 10.0 Å². The van der Waals surface area contributed by atoms with E-state index < -0.39 is 62.7 Å². The SMILES string of the molecule is COc1ccc2c(c1)CN(S(=O)(=O)c1c(F)c(F)c(F)c(F)c1F)CC(C)(C)O2. The van der Waals surface area contributed by atoms with Crippen LogP contribution in [0.2, 0.25) is 0 Å². The summed E-state index contributed by atoms with van der Waals surface area (Å²) in [6, 6.07) is 4.56. The van der Waals surface area contributed by atoms with Crippen molar-refractivity contribution < 1.29 is 39.8 Å². The third kappa shape index (κ3) is 3.64. The van der Waals surface area contributed by atoms with E-state index in [1.165, 1.54) is 33.1 Å². The Balaban J connectivity index is 2.19. The standard InChI is InChI=1S/C18H16F5NO4S/c1-18(2)8-24(7-9-6-10(27-3)4-5-11(9)28-18)29(25,26)17-15(22)13(20)12(19)14(21)16(17)23/h4-6H,7-8H2,1-3H3. The van der Waals surface area contributed by atoms with Crippen LogP contribution in [0, 0.1) is 29.1 Å². The predicted molar refractivity (Wildman–Crippen MR) is 91.5 cm³/mol. The van der Waals surface area contributed by atoms with Crippen LogP contribution in [0.25, 0.3) is 0 Å². The molecule has 2 aromatic rings. The van der Waals surface area contributed by atoms with Crippen LogP contribution in [0.5, 0.6) is 11.5 Å². The van der Waals surface area contributed by atoms with E-state index in [0.717, 1.165) is 0 Å². The second-order valence-electron chi connectivity index (χ2n) is 7.01. The fourth-order valence-corrected chi connectivity index (χ4v) is 4.70. The quantitative estimate of drug-likeness (QED) is 0.417. The molecule has 1 aliphatic rings. The lowest BCUT2D eigenvalue weighted by Crippen LogP contribution is -2.43. The van der Waals surface area contributed by atoms with Gasteiger partial charge in [0.2, 0.25) is 15.8 Å². The Morgan fingerprint density at radius 1 is 1.00 bits per heavy atom. The summed E-state index contributed by atoms with van der Waals surface area (Å²) in [5.74, 6) is -11.3. The fourth-order valence-electron chi connectivity index (χ4n) is 3.02. The van der Waals surface area contributed by atoms with Crippen LogP contribution in [0.3, 0.4) is 0 Å². The van der Waals surface area contributed by atoms with Gasteiger partial charge < -0.3 is 9.47 Å². The van der Waals surface area contributed by atoms with Crippen molar-refractivity contribution in [1.29, 1.82) is 0 Å². The van der Waals surface area contributed by atoms with Crippen molar-refractivity contribution in [3.05, 3.63) is 52.8 Å². The number of halogens is 5. The zero-order chi connectivity index (χ0) is 21.7. The van der Waals surface area contributed by atoms with Gasteiger partial charge in [-0.2, -0.15) is 4.31 Å². The average Bonchev–Trinajstić information content (AvgIpc) is 2.79. The molecule has 0 radical (unpaired) electrons. The number of benzene rings is 2. The second kappa shape index (κ2) is 7.13. The van der Waals surface area contributed by atoms with Crippen molar-refractivity contribution in [2.45, 2.75) is 30.9 Å². The lowest BCUT2D eigenvalue weighted by atomic mass is 10.1. The number of methoxy groups -OCH3 is 1. The number of fused-ring (bicyclic) bond motifs is 1. The van der Waals surface area contributed by atoms with E-state index in [0.29, 0.717) is 21.4 Å². The van der Waals surface area contributed by atoms with Gasteiger partial charge in [0, 0.05) is 12.1 Å². The third-order valence-electron chi connectivity index (χ3n) is 4.33. The molecule has 0 spiro atoms. The highest BCUT2D eigenvalue weighted by Gasteiger charge is 2.41. The summed E-state index contributed by atoms with van der Waals surface area (Å²) in [5, 5.41) is 0. The molecule has 1 heterocycles. The number of hydrogen-bond donors (Lipinski definition) is 0. The van der Waals surface area contributed by atoms with Gasteiger partial charge in [-0.15, -0.1) is 0 Å². The lowest BCUT2D eigenvalue weighted by molar-refractivity contribution is 0.0953. The summed E-state index contributed by atoms with van der Waals surface area (Å²) in [5.41, 5.74) is -0.876. The zero-order valence-corrected chi connectivity index (χ0v) is 16.3. The Bertz CT molecular complexity index is 1060. The lowest BCUT2D eigenvalue weighted by Gasteiger charge is -2.29. The molecule has 0 saturated heterocycles. The summed E-state index contributed by atoms with van der Waals surface area (Å²) < 4.78 is 106. The first-order chi connectivity index (χ1) is 13.4. The van der Waals surface area contributed by atoms with E-state index in [-0.39, 0.29) is 0 Å². The Morgan fingerprint density at radius 3 is 2.10 bits per heavy atom. The molecule has 29 heavy (non-hydrogen) atoms. The van der Waals surface area contributed by atoms with Crippen molar-refractivity contribution in [2.24, 2.45) is 0 Å². The highest BCUT2D eigenvalue weighted by Crippen LogP contribution is 2.36. The Hall–Kier alpha value is -2.40. The van der Waals surface area contributed by atoms with Gasteiger partial charge >= 0.3 is 0 Å². The van der Waals surface area contributed by atoms with Gasteiger partial charge in [0.25, 0.3) is 0 Å². The van der Waals surface area contributed by atoms with Crippen LogP contribution in [-0.4, -0.2) is 32.0 Å². The van der Waals surface area contributed by atoms with Crippen LogP contribution in [-0.2, 0) is 16.6 Å². The summed E-state index contributed by atoms with van der Waals surface area (Å²) in [7, 11) is -3.74. The number of rotatable bonds is 3. The molecule has 0 aromatic heterocycles. The van der Waals surface area contributed by atoms with E-state index in [1.807, 2.05) is 0 Å². The van der Waals surface area contributed by atoms with E-state index in [1.54, 1.807) is 6.07 Å². The molecular formula is C18H16F5NO4S. The summed E-state index contributed by atoms with van der Waals surface area (Å²) >= 11 is 0. The molecule has 0 fully saturated rings. The topological polar surface area (TPSA) is 55.8 Å². The Kier molecular flexibility index (Phi) is 5.24. The van der Waals surface area contributed by atoms with E-state index >= 15 is 0 Å². The number of hydrogen-bond acceptors (Lipinski definition) is 4. The molecule has 2 aromatic carbocycles. The molecule has 0 unspecified atom stereocenters. The smallest absolute Gasteiger partial charge is 0.249 e. The Morgan fingerprint density at radius 2 is 1.55 bits per heavy atom. The van der Waals surface area contributed by atoms with Gasteiger partial charge in [-0.3, -0.25) is 0 Å². The maximum atomic E-state index is 14.2. The first kappa shape index (κ1) is 21.3. The van der Waals surface area contributed by atoms with Crippen molar-refractivity contribution in [1.82, 2.24) is 4.31 Å². The number of sulfonamides is 1. The van der Waals surface area contributed by atoms with E-state index in [4.69, 9.17) is 9.47 Å². The molecule has 3 rings (SSSR count). The summed E-state index contributed by atoms with van der Waals surface area (Å²) in [4.78, 5) is -1.91.